The Balaban J connectivity index is 1.77. The molecule has 4 rings (SSSR count). The molecule has 0 amide bonds. The Kier molecular flexibility index (Phi) is 6.44. The number of hydrogen-bond donors (Lipinski definition) is 0. The van der Waals surface area contributed by atoms with Crippen molar-refractivity contribution >= 4 is 23.1 Å². The van der Waals surface area contributed by atoms with Crippen LogP contribution < -0.4 is 0 Å². The van der Waals surface area contributed by atoms with Crippen LogP contribution in [0.3, 0.4) is 0 Å². The molecule has 0 bridgehead atoms. The van der Waals surface area contributed by atoms with Gasteiger partial charge in [0.25, 0.3) is 0 Å². The van der Waals surface area contributed by atoms with Crippen LogP contribution in [0.5, 0.6) is 0 Å². The highest BCUT2D eigenvalue weighted by atomic mass is 16.8. The van der Waals surface area contributed by atoms with Crippen LogP contribution >= 0.6 is 0 Å². The lowest BCUT2D eigenvalue weighted by atomic mass is 9.59. The van der Waals surface area contributed by atoms with E-state index in [1.54, 1.807) is 13.8 Å². The van der Waals surface area contributed by atoms with Crippen LogP contribution in [-0.4, -0.2) is 60.6 Å². The van der Waals surface area contributed by atoms with E-state index in [0.717, 1.165) is 0 Å². The normalized spacial score (nSPS) is 38.0. The molecule has 4 aliphatic rings. The molecule has 0 radical (unpaired) electrons. The zero-order valence-electron chi connectivity index (χ0n) is 20.4. The molecule has 8 nitrogen and oxygen atoms in total. The summed E-state index contributed by atoms with van der Waals surface area (Å²) in [5.74, 6) is -3.99. The minimum absolute atomic E-state index is 0.216. The molecular weight excluding hydrogens is 428 g/mol. The fraction of sp³-hybridized carbons (Fsp3) is 0.840. The van der Waals surface area contributed by atoms with Crippen LogP contribution in [0.1, 0.15) is 67.2 Å². The van der Waals surface area contributed by atoms with Crippen molar-refractivity contribution in [1.29, 1.82) is 0 Å². The minimum atomic E-state index is -1.07. The second-order valence-corrected chi connectivity index (χ2v) is 11.8. The van der Waals surface area contributed by atoms with Crippen LogP contribution in [-0.2, 0) is 38.1 Å². The van der Waals surface area contributed by atoms with E-state index in [9.17, 15) is 19.2 Å². The molecule has 4 fully saturated rings. The third kappa shape index (κ3) is 4.85. The van der Waals surface area contributed by atoms with E-state index in [4.69, 9.17) is 18.9 Å². The van der Waals surface area contributed by atoms with Gasteiger partial charge < -0.3 is 18.9 Å². The number of rotatable bonds is 3. The number of hydrogen-bond acceptors (Lipinski definition) is 8. The van der Waals surface area contributed by atoms with Crippen LogP contribution in [0.25, 0.3) is 0 Å². The second-order valence-electron chi connectivity index (χ2n) is 11.8. The Morgan fingerprint density at radius 3 is 1.61 bits per heavy atom. The highest BCUT2D eigenvalue weighted by Gasteiger charge is 2.58. The average Bonchev–Trinajstić information content (AvgIpc) is 2.63. The maximum Gasteiger partial charge on any atom is 0.155 e. The fourth-order valence-electron chi connectivity index (χ4n) is 6.21. The van der Waals surface area contributed by atoms with Crippen LogP contribution in [0, 0.1) is 28.6 Å². The molecule has 33 heavy (non-hydrogen) atoms. The van der Waals surface area contributed by atoms with E-state index in [2.05, 4.69) is 0 Å². The van der Waals surface area contributed by atoms with Crippen molar-refractivity contribution in [3.8, 4) is 0 Å². The molecule has 2 aliphatic carbocycles. The standard InChI is InChI=1S/C25H36O8/c1-12-30-11-18-22(32-12)23(33-13(2)31-18)21(19-14(26)7-24(3,4)8-15(19)27)20-16(28)9-25(5,6)10-17(20)29/h12-13,18-23H,7-11H2,1-6H3/t12-,13-,18+,22-,23+/m1/s1. The molecule has 2 saturated heterocycles. The summed E-state index contributed by atoms with van der Waals surface area (Å²) in [7, 11) is 0. The molecule has 0 unspecified atom stereocenters. The zero-order chi connectivity index (χ0) is 24.3. The molecule has 184 valence electrons. The summed E-state index contributed by atoms with van der Waals surface area (Å²) in [6, 6.07) is 0. The van der Waals surface area contributed by atoms with Crippen molar-refractivity contribution in [2.24, 2.45) is 28.6 Å². The number of carbonyl (C=O) groups excluding carboxylic acids is 4. The number of Topliss-reactive ketones (excluding diaryl/α,β-unsaturated/α-hetero) is 4. The summed E-state index contributed by atoms with van der Waals surface area (Å²) in [5, 5.41) is 0. The van der Waals surface area contributed by atoms with Gasteiger partial charge in [-0.1, -0.05) is 27.7 Å². The van der Waals surface area contributed by atoms with E-state index in [1.807, 2.05) is 27.7 Å². The summed E-state index contributed by atoms with van der Waals surface area (Å²) in [5.41, 5.74) is -0.901. The predicted octanol–water partition coefficient (Wildman–Crippen LogP) is 2.64. The number of ether oxygens (including phenoxy) is 4. The van der Waals surface area contributed by atoms with Crippen molar-refractivity contribution < 1.29 is 38.1 Å². The van der Waals surface area contributed by atoms with E-state index in [-0.39, 0.29) is 55.4 Å². The second kappa shape index (κ2) is 8.63. The molecule has 0 aromatic rings. The maximum atomic E-state index is 13.4. The molecule has 8 heteroatoms. The van der Waals surface area contributed by atoms with Gasteiger partial charge in [0.1, 0.15) is 35.3 Å². The van der Waals surface area contributed by atoms with E-state index < -0.39 is 59.5 Å². The summed E-state index contributed by atoms with van der Waals surface area (Å²) in [6.07, 6.45) is -2.28. The van der Waals surface area contributed by atoms with Gasteiger partial charge in [-0.25, -0.2) is 0 Å². The highest BCUT2D eigenvalue weighted by molar-refractivity contribution is 6.10. The Morgan fingerprint density at radius 2 is 1.15 bits per heavy atom. The van der Waals surface area contributed by atoms with Gasteiger partial charge >= 0.3 is 0 Å². The topological polar surface area (TPSA) is 105 Å². The number of carbonyl (C=O) groups is 4. The van der Waals surface area contributed by atoms with Gasteiger partial charge in [-0.05, 0) is 24.7 Å². The summed E-state index contributed by atoms with van der Waals surface area (Å²) in [6.45, 7) is 11.3. The molecule has 2 aliphatic heterocycles. The van der Waals surface area contributed by atoms with Gasteiger partial charge in [0, 0.05) is 31.6 Å². The first-order chi connectivity index (χ1) is 15.3. The van der Waals surface area contributed by atoms with Gasteiger partial charge in [0.05, 0.1) is 24.5 Å². The molecule has 2 heterocycles. The van der Waals surface area contributed by atoms with Crippen molar-refractivity contribution in [2.45, 2.75) is 98.1 Å². The Morgan fingerprint density at radius 1 is 0.697 bits per heavy atom. The van der Waals surface area contributed by atoms with Gasteiger partial charge in [-0.15, -0.1) is 0 Å². The molecule has 0 spiro atoms. The molecule has 2 saturated carbocycles. The first-order valence-corrected chi connectivity index (χ1v) is 12.0. The molecule has 0 N–H and O–H groups in total. The fourth-order valence-corrected chi connectivity index (χ4v) is 6.21. The van der Waals surface area contributed by atoms with E-state index in [0.29, 0.717) is 0 Å². The van der Waals surface area contributed by atoms with Crippen LogP contribution in [0.4, 0.5) is 0 Å². The quantitative estimate of drug-likeness (QED) is 0.587. The lowest BCUT2D eigenvalue weighted by Gasteiger charge is -2.50. The Bertz CT molecular complexity index is 757. The number of fused-ring (bicyclic) bond motifs is 1. The maximum absolute atomic E-state index is 13.4. The van der Waals surface area contributed by atoms with Crippen molar-refractivity contribution in [3.63, 3.8) is 0 Å². The smallest absolute Gasteiger partial charge is 0.155 e. The predicted molar refractivity (Wildman–Crippen MR) is 116 cm³/mol. The van der Waals surface area contributed by atoms with E-state index in [1.165, 1.54) is 0 Å². The monoisotopic (exact) mass is 464 g/mol. The summed E-state index contributed by atoms with van der Waals surface area (Å²) in [4.78, 5) is 53.6. The lowest BCUT2D eigenvalue weighted by molar-refractivity contribution is -0.359. The Labute approximate surface area is 195 Å². The third-order valence-electron chi connectivity index (χ3n) is 7.40. The minimum Gasteiger partial charge on any atom is -0.350 e. The average molecular weight is 465 g/mol. The van der Waals surface area contributed by atoms with Crippen LogP contribution in [0.2, 0.25) is 0 Å². The lowest BCUT2D eigenvalue weighted by Crippen LogP contribution is -2.63. The van der Waals surface area contributed by atoms with Gasteiger partial charge in [0.15, 0.2) is 12.6 Å². The number of ketones is 4. The molecular formula is C25H36O8. The molecule has 5 atom stereocenters. The van der Waals surface area contributed by atoms with Crippen LogP contribution in [0.15, 0.2) is 0 Å². The molecule has 0 aromatic carbocycles. The van der Waals surface area contributed by atoms with E-state index >= 15 is 0 Å². The van der Waals surface area contributed by atoms with Crippen molar-refractivity contribution in [2.75, 3.05) is 6.61 Å². The van der Waals surface area contributed by atoms with Gasteiger partial charge in [-0.3, -0.25) is 19.2 Å². The molecule has 0 aromatic heterocycles. The largest absolute Gasteiger partial charge is 0.350 e. The van der Waals surface area contributed by atoms with Gasteiger partial charge in [0.2, 0.25) is 0 Å². The van der Waals surface area contributed by atoms with Gasteiger partial charge in [-0.2, -0.15) is 0 Å². The highest BCUT2D eigenvalue weighted by Crippen LogP contribution is 2.47. The SMILES string of the molecule is C[C@@H]1OC[C@@H]2O[C@@H](C)O[C@@H](C(C3C(=O)CC(C)(C)CC3=O)C3C(=O)CC(C)(C)CC3=O)[C@@H]2O1. The summed E-state index contributed by atoms with van der Waals surface area (Å²) >= 11 is 0. The third-order valence-corrected chi connectivity index (χ3v) is 7.40. The van der Waals surface area contributed by atoms with Crippen molar-refractivity contribution in [3.05, 3.63) is 0 Å². The Hall–Kier alpha value is -1.48. The van der Waals surface area contributed by atoms with Crippen molar-refractivity contribution in [1.82, 2.24) is 0 Å². The zero-order valence-corrected chi connectivity index (χ0v) is 20.4. The summed E-state index contributed by atoms with van der Waals surface area (Å²) < 4.78 is 23.6. The first kappa shape index (κ1) is 24.6. The first-order valence-electron chi connectivity index (χ1n) is 12.0.